The van der Waals surface area contributed by atoms with Gasteiger partial charge in [-0.1, -0.05) is 70.3 Å². The predicted molar refractivity (Wildman–Crippen MR) is 127 cm³/mol. The SMILES string of the molecule is CC(C)(C)c1nnc(NC(=O)/C=C/[C@H](CC2CCCCC2)NC(=O)[C@@H]2CCN2OC(=O)C(F)(F)F)s1. The summed E-state index contributed by atoms with van der Waals surface area (Å²) >= 11 is 1.28. The van der Waals surface area contributed by atoms with Crippen molar-refractivity contribution < 1.29 is 32.4 Å². The molecule has 1 aliphatic carbocycles. The van der Waals surface area contributed by atoms with Crippen LogP contribution in [0.1, 0.15) is 70.7 Å². The highest BCUT2D eigenvalue weighted by Crippen LogP contribution is 2.29. The van der Waals surface area contributed by atoms with E-state index in [2.05, 4.69) is 25.7 Å². The van der Waals surface area contributed by atoms with Crippen LogP contribution in [0.15, 0.2) is 12.2 Å². The van der Waals surface area contributed by atoms with Gasteiger partial charge in [0, 0.05) is 24.1 Å². The Hall–Kier alpha value is -2.54. The summed E-state index contributed by atoms with van der Waals surface area (Å²) in [4.78, 5) is 40.7. The minimum absolute atomic E-state index is 0.0316. The number of nitrogens with one attached hydrogen (secondary N) is 2. The van der Waals surface area contributed by atoms with Gasteiger partial charge in [-0.25, -0.2) is 4.79 Å². The van der Waals surface area contributed by atoms with E-state index in [-0.39, 0.29) is 18.4 Å². The van der Waals surface area contributed by atoms with E-state index in [1.54, 1.807) is 6.08 Å². The molecule has 2 amide bonds. The number of hydrogen-bond donors (Lipinski definition) is 2. The zero-order valence-corrected chi connectivity index (χ0v) is 21.4. The zero-order chi connectivity index (χ0) is 26.5. The van der Waals surface area contributed by atoms with Gasteiger partial charge in [-0.15, -0.1) is 15.3 Å². The first-order valence-electron chi connectivity index (χ1n) is 12.0. The van der Waals surface area contributed by atoms with Crippen LogP contribution in [0.2, 0.25) is 0 Å². The minimum Gasteiger partial charge on any atom is -0.360 e. The quantitative estimate of drug-likeness (QED) is 0.490. The van der Waals surface area contributed by atoms with Crippen LogP contribution in [0.5, 0.6) is 0 Å². The predicted octanol–water partition coefficient (Wildman–Crippen LogP) is 3.88. The van der Waals surface area contributed by atoms with Crippen LogP contribution in [0, 0.1) is 5.92 Å². The summed E-state index contributed by atoms with van der Waals surface area (Å²) in [7, 11) is 0. The Morgan fingerprint density at radius 1 is 1.14 bits per heavy atom. The van der Waals surface area contributed by atoms with Gasteiger partial charge in [-0.05, 0) is 18.8 Å². The molecule has 1 saturated heterocycles. The fraction of sp³-hybridized carbons (Fsp3) is 0.696. The van der Waals surface area contributed by atoms with E-state index < -0.39 is 36.0 Å². The maximum atomic E-state index is 12.8. The Kier molecular flexibility index (Phi) is 9.09. The second-order valence-corrected chi connectivity index (χ2v) is 11.2. The standard InChI is InChI=1S/C23H32F3N5O4S/c1-22(2,3)19-29-30-21(36-19)28-17(32)10-9-15(13-14-7-5-4-6-8-14)27-18(33)16-11-12-31(16)35-20(34)23(24,25)26/h9-10,14-16H,4-8,11-13H2,1-3H3,(H,27,33)(H,28,30,32)/b10-9+/t15-,16+/m1/s1. The van der Waals surface area contributed by atoms with Crippen molar-refractivity contribution in [2.24, 2.45) is 5.92 Å². The van der Waals surface area contributed by atoms with E-state index in [0.29, 0.717) is 17.5 Å². The summed E-state index contributed by atoms with van der Waals surface area (Å²) in [5.74, 6) is -2.99. The van der Waals surface area contributed by atoms with E-state index in [4.69, 9.17) is 0 Å². The normalized spacial score (nSPS) is 20.6. The van der Waals surface area contributed by atoms with Crippen molar-refractivity contribution in [3.63, 3.8) is 0 Å². The van der Waals surface area contributed by atoms with Crippen LogP contribution in [-0.2, 0) is 24.6 Å². The molecule has 2 N–H and O–H groups in total. The fourth-order valence-electron chi connectivity index (χ4n) is 4.07. The zero-order valence-electron chi connectivity index (χ0n) is 20.6. The molecule has 1 aliphatic heterocycles. The van der Waals surface area contributed by atoms with Gasteiger partial charge in [-0.2, -0.15) is 13.2 Å². The molecule has 13 heteroatoms. The van der Waals surface area contributed by atoms with Crippen LogP contribution in [0.3, 0.4) is 0 Å². The van der Waals surface area contributed by atoms with Gasteiger partial charge in [0.2, 0.25) is 16.9 Å². The van der Waals surface area contributed by atoms with E-state index >= 15 is 0 Å². The highest BCUT2D eigenvalue weighted by atomic mass is 32.1. The van der Waals surface area contributed by atoms with Crippen molar-refractivity contribution in [1.29, 1.82) is 0 Å². The van der Waals surface area contributed by atoms with Gasteiger partial charge in [-0.3, -0.25) is 14.9 Å². The Morgan fingerprint density at radius 2 is 1.83 bits per heavy atom. The molecule has 0 radical (unpaired) electrons. The fourth-order valence-corrected chi connectivity index (χ4v) is 4.87. The average molecular weight is 532 g/mol. The van der Waals surface area contributed by atoms with Crippen LogP contribution in [-0.4, -0.2) is 57.8 Å². The van der Waals surface area contributed by atoms with Crippen LogP contribution in [0.25, 0.3) is 0 Å². The molecule has 2 aliphatic rings. The molecule has 0 spiro atoms. The number of halogens is 3. The Labute approximate surface area is 211 Å². The lowest BCUT2D eigenvalue weighted by atomic mass is 9.84. The molecule has 2 fully saturated rings. The number of anilines is 1. The maximum Gasteiger partial charge on any atom is 0.492 e. The lowest BCUT2D eigenvalue weighted by Crippen LogP contribution is -2.58. The molecule has 0 bridgehead atoms. The molecule has 200 valence electrons. The summed E-state index contributed by atoms with van der Waals surface area (Å²) in [6, 6.07) is -1.52. The first-order chi connectivity index (χ1) is 16.8. The molecule has 3 rings (SSSR count). The van der Waals surface area contributed by atoms with Gasteiger partial charge < -0.3 is 10.2 Å². The van der Waals surface area contributed by atoms with E-state index in [1.807, 2.05) is 20.8 Å². The van der Waals surface area contributed by atoms with Crippen LogP contribution in [0.4, 0.5) is 18.3 Å². The van der Waals surface area contributed by atoms with Gasteiger partial charge in [0.05, 0.1) is 0 Å². The number of alkyl halides is 3. The van der Waals surface area contributed by atoms with Crippen LogP contribution >= 0.6 is 11.3 Å². The maximum absolute atomic E-state index is 12.8. The number of aromatic nitrogens is 2. The Balaban J connectivity index is 1.61. The summed E-state index contributed by atoms with van der Waals surface area (Å²) < 4.78 is 37.5. The number of amides is 2. The van der Waals surface area contributed by atoms with E-state index in [1.165, 1.54) is 17.4 Å². The first-order valence-corrected chi connectivity index (χ1v) is 12.8. The molecule has 2 heterocycles. The summed E-state index contributed by atoms with van der Waals surface area (Å²) in [5, 5.41) is 15.4. The topological polar surface area (TPSA) is 114 Å². The third kappa shape index (κ3) is 7.99. The highest BCUT2D eigenvalue weighted by Gasteiger charge is 2.46. The Bertz CT molecular complexity index is 970. The molecule has 0 unspecified atom stereocenters. The third-order valence-corrected chi connectivity index (χ3v) is 7.39. The van der Waals surface area contributed by atoms with Crippen molar-refractivity contribution in [3.05, 3.63) is 17.2 Å². The van der Waals surface area contributed by atoms with Crippen molar-refractivity contribution in [2.75, 3.05) is 11.9 Å². The number of hydroxylamine groups is 2. The monoisotopic (exact) mass is 531 g/mol. The first kappa shape index (κ1) is 28.0. The lowest BCUT2D eigenvalue weighted by Gasteiger charge is -2.38. The molecule has 9 nitrogen and oxygen atoms in total. The second kappa shape index (κ2) is 11.7. The molecule has 0 aromatic carbocycles. The Morgan fingerprint density at radius 3 is 2.39 bits per heavy atom. The summed E-state index contributed by atoms with van der Waals surface area (Å²) in [6.07, 6.45) is 3.95. The molecular formula is C23H32F3N5O4S. The lowest BCUT2D eigenvalue weighted by molar-refractivity contribution is -0.261. The molecule has 2 atom stereocenters. The minimum atomic E-state index is -5.14. The summed E-state index contributed by atoms with van der Waals surface area (Å²) in [6.45, 7) is 6.00. The van der Waals surface area contributed by atoms with E-state index in [9.17, 15) is 27.6 Å². The largest absolute Gasteiger partial charge is 0.492 e. The number of hydrogen-bond acceptors (Lipinski definition) is 8. The van der Waals surface area contributed by atoms with Gasteiger partial charge in [0.1, 0.15) is 11.0 Å². The van der Waals surface area contributed by atoms with Crippen molar-refractivity contribution in [3.8, 4) is 0 Å². The number of nitrogens with zero attached hydrogens (tertiary/aromatic N) is 3. The smallest absolute Gasteiger partial charge is 0.360 e. The van der Waals surface area contributed by atoms with Crippen LogP contribution < -0.4 is 10.6 Å². The number of carbonyl (C=O) groups is 3. The second-order valence-electron chi connectivity index (χ2n) is 10.2. The molecule has 1 aromatic heterocycles. The summed E-state index contributed by atoms with van der Waals surface area (Å²) in [5.41, 5.74) is -0.199. The molecule has 36 heavy (non-hydrogen) atoms. The van der Waals surface area contributed by atoms with Crippen molar-refractivity contribution in [2.45, 2.75) is 89.4 Å². The van der Waals surface area contributed by atoms with Gasteiger partial charge in [0.25, 0.3) is 0 Å². The number of rotatable bonds is 8. The molecule has 1 aromatic rings. The van der Waals surface area contributed by atoms with Gasteiger partial charge in [0.15, 0.2) is 0 Å². The highest BCUT2D eigenvalue weighted by molar-refractivity contribution is 7.15. The molecule has 1 saturated carbocycles. The molecular weight excluding hydrogens is 499 g/mol. The third-order valence-electron chi connectivity index (χ3n) is 6.12. The van der Waals surface area contributed by atoms with E-state index in [0.717, 1.165) is 42.2 Å². The van der Waals surface area contributed by atoms with Gasteiger partial charge >= 0.3 is 12.1 Å². The number of carbonyl (C=O) groups excluding carboxylic acids is 3. The average Bonchev–Trinajstić information content (AvgIpc) is 3.24. The van der Waals surface area contributed by atoms with Crippen molar-refractivity contribution in [1.82, 2.24) is 20.6 Å². The van der Waals surface area contributed by atoms with Crippen molar-refractivity contribution >= 4 is 34.3 Å².